The number of H-pyrrole nitrogens is 1. The lowest BCUT2D eigenvalue weighted by Crippen LogP contribution is -2.47. The number of aromatic nitrogens is 4. The van der Waals surface area contributed by atoms with E-state index >= 15 is 0 Å². The summed E-state index contributed by atoms with van der Waals surface area (Å²) in [5, 5.41) is 1.19. The summed E-state index contributed by atoms with van der Waals surface area (Å²) in [4.78, 5) is 25.3. The summed E-state index contributed by atoms with van der Waals surface area (Å²) in [6, 6.07) is 9.94. The topological polar surface area (TPSA) is 65.3 Å². The highest BCUT2D eigenvalue weighted by atomic mass is 15.3. The highest BCUT2D eigenvalue weighted by Crippen LogP contribution is 2.25. The zero-order valence-corrected chi connectivity index (χ0v) is 19.5. The van der Waals surface area contributed by atoms with Gasteiger partial charge in [-0.3, -0.25) is 9.88 Å². The molecule has 4 aromatic rings. The third-order valence-electron chi connectivity index (χ3n) is 6.59. The predicted octanol–water partition coefficient (Wildman–Crippen LogP) is 5.02. The van der Waals surface area contributed by atoms with Gasteiger partial charge in [0, 0.05) is 73.3 Å². The van der Waals surface area contributed by atoms with Crippen LogP contribution in [0.3, 0.4) is 0 Å². The molecule has 0 spiro atoms. The molecule has 1 fully saturated rings. The van der Waals surface area contributed by atoms with Crippen molar-refractivity contribution in [2.75, 3.05) is 37.6 Å². The van der Waals surface area contributed by atoms with E-state index in [1.165, 1.54) is 17.4 Å². The molecule has 3 aromatic heterocycles. The fourth-order valence-electron chi connectivity index (χ4n) is 4.54. The Hall–Kier alpha value is -3.76. The van der Waals surface area contributed by atoms with Crippen molar-refractivity contribution in [2.45, 2.75) is 26.2 Å². The lowest BCUT2D eigenvalue weighted by molar-refractivity contribution is 0.252. The molecule has 1 saturated heterocycles. The summed E-state index contributed by atoms with van der Waals surface area (Å²) in [5.74, 6) is 0.807. The molecule has 0 radical (unpaired) electrons. The van der Waals surface area contributed by atoms with Crippen molar-refractivity contribution in [1.29, 1.82) is 0 Å². The van der Waals surface area contributed by atoms with E-state index < -0.39 is 0 Å². The Bertz CT molecular complexity index is 1280. The molecule has 172 valence electrons. The number of fused-ring (bicyclic) bond motifs is 1. The molecule has 5 rings (SSSR count). The Morgan fingerprint density at radius 2 is 1.74 bits per heavy atom. The molecule has 1 aliphatic heterocycles. The number of nitrogens with one attached hydrogen (secondary N) is 1. The summed E-state index contributed by atoms with van der Waals surface area (Å²) >= 11 is 0. The molecule has 1 aromatic carbocycles. The highest BCUT2D eigenvalue weighted by molar-refractivity contribution is 5.86. The van der Waals surface area contributed by atoms with Crippen molar-refractivity contribution in [2.24, 2.45) is 0 Å². The van der Waals surface area contributed by atoms with Gasteiger partial charge in [-0.25, -0.2) is 14.8 Å². The monoisotopic (exact) mass is 451 g/mol. The number of benzene rings is 1. The van der Waals surface area contributed by atoms with Gasteiger partial charge in [-0.1, -0.05) is 12.1 Å². The first-order valence-electron chi connectivity index (χ1n) is 11.9. The van der Waals surface area contributed by atoms with Gasteiger partial charge in [-0.2, -0.15) is 0 Å². The number of pyridine rings is 1. The Kier molecular flexibility index (Phi) is 6.50. The van der Waals surface area contributed by atoms with Gasteiger partial charge < -0.3 is 9.88 Å². The molecule has 0 bridgehead atoms. The maximum atomic E-state index is 7.24. The van der Waals surface area contributed by atoms with Crippen LogP contribution in [0.4, 0.5) is 11.6 Å². The number of nitrogens with zero attached hydrogens (tertiary/aromatic N) is 6. The van der Waals surface area contributed by atoms with E-state index in [1.807, 2.05) is 49.8 Å². The molecule has 0 atom stereocenters. The maximum absolute atomic E-state index is 7.24. The van der Waals surface area contributed by atoms with Crippen molar-refractivity contribution in [3.63, 3.8) is 0 Å². The first-order chi connectivity index (χ1) is 16.7. The van der Waals surface area contributed by atoms with Gasteiger partial charge in [0.1, 0.15) is 0 Å². The second-order valence-electron chi connectivity index (χ2n) is 8.90. The second-order valence-corrected chi connectivity index (χ2v) is 8.90. The largest absolute Gasteiger partial charge is 0.361 e. The molecule has 0 saturated carbocycles. The Balaban J connectivity index is 1.07. The van der Waals surface area contributed by atoms with Gasteiger partial charge in [-0.05, 0) is 61.9 Å². The van der Waals surface area contributed by atoms with Crippen LogP contribution in [0.5, 0.6) is 0 Å². The summed E-state index contributed by atoms with van der Waals surface area (Å²) in [7, 11) is 0. The van der Waals surface area contributed by atoms with Gasteiger partial charge in [-0.15, -0.1) is 0 Å². The Morgan fingerprint density at radius 1 is 0.941 bits per heavy atom. The number of hydrogen-bond acceptors (Lipinski definition) is 5. The van der Waals surface area contributed by atoms with Crippen molar-refractivity contribution < 1.29 is 0 Å². The van der Waals surface area contributed by atoms with Gasteiger partial charge in [0.25, 0.3) is 0 Å². The van der Waals surface area contributed by atoms with E-state index in [-0.39, 0.29) is 0 Å². The predicted molar refractivity (Wildman–Crippen MR) is 136 cm³/mol. The molecule has 0 unspecified atom stereocenters. The number of hydrogen-bond donors (Lipinski definition) is 1. The third kappa shape index (κ3) is 4.92. The van der Waals surface area contributed by atoms with Gasteiger partial charge in [0.05, 0.1) is 6.57 Å². The van der Waals surface area contributed by atoms with E-state index in [1.54, 1.807) is 0 Å². The standard InChI is InChI=1S/C27H29N7/c1-20-6-7-21(16-29-20)23-18-31-27(32-19-23)34-13-11-33(12-14-34)10-4-3-5-22-17-30-26-9-8-24(28-2)15-25(22)26/h6-9,15-19,30H,3-5,10-14H2,1H3. The lowest BCUT2D eigenvalue weighted by Gasteiger charge is -2.34. The number of anilines is 1. The minimum atomic E-state index is 0.706. The molecular formula is C27H29N7. The molecule has 7 nitrogen and oxygen atoms in total. The number of piperazine rings is 1. The maximum Gasteiger partial charge on any atom is 0.225 e. The quantitative estimate of drug-likeness (QED) is 0.316. The average molecular weight is 452 g/mol. The molecule has 1 N–H and O–H groups in total. The summed E-state index contributed by atoms with van der Waals surface area (Å²) in [6.45, 7) is 14.3. The fraction of sp³-hybridized carbons (Fsp3) is 0.333. The van der Waals surface area contributed by atoms with Crippen LogP contribution < -0.4 is 4.90 Å². The van der Waals surface area contributed by atoms with Crippen molar-refractivity contribution in [3.05, 3.63) is 77.8 Å². The Labute approximate surface area is 200 Å². The lowest BCUT2D eigenvalue weighted by atomic mass is 10.1. The smallest absolute Gasteiger partial charge is 0.225 e. The minimum absolute atomic E-state index is 0.706. The number of unbranched alkanes of at least 4 members (excludes halogenated alkanes) is 1. The van der Waals surface area contributed by atoms with Crippen molar-refractivity contribution in [1.82, 2.24) is 24.8 Å². The van der Waals surface area contributed by atoms with E-state index in [0.29, 0.717) is 5.69 Å². The summed E-state index contributed by atoms with van der Waals surface area (Å²) in [6.07, 6.45) is 11.1. The second kappa shape index (κ2) is 10.0. The molecule has 0 aliphatic carbocycles. The van der Waals surface area contributed by atoms with Crippen LogP contribution in [0.1, 0.15) is 24.1 Å². The first kappa shape index (κ1) is 22.1. The third-order valence-corrected chi connectivity index (χ3v) is 6.59. The zero-order valence-electron chi connectivity index (χ0n) is 19.5. The van der Waals surface area contributed by atoms with E-state index in [0.717, 1.165) is 73.9 Å². The SMILES string of the molecule is [C-]#[N+]c1ccc2[nH]cc(CCCCN3CCN(c4ncc(-c5ccc(C)nc5)cn4)CC3)c2c1. The minimum Gasteiger partial charge on any atom is -0.361 e. The number of aromatic amines is 1. The normalized spacial score (nSPS) is 14.4. The van der Waals surface area contributed by atoms with Crippen molar-refractivity contribution >= 4 is 22.5 Å². The van der Waals surface area contributed by atoms with Crippen LogP contribution in [-0.2, 0) is 6.42 Å². The molecular weight excluding hydrogens is 422 g/mol. The number of aryl methyl sites for hydroxylation is 2. The van der Waals surface area contributed by atoms with Gasteiger partial charge in [0.15, 0.2) is 5.69 Å². The summed E-state index contributed by atoms with van der Waals surface area (Å²) < 4.78 is 0. The van der Waals surface area contributed by atoms with Crippen LogP contribution in [0.15, 0.2) is 55.1 Å². The summed E-state index contributed by atoms with van der Waals surface area (Å²) in [5.41, 5.74) is 6.18. The van der Waals surface area contributed by atoms with E-state index in [9.17, 15) is 0 Å². The molecule has 1 aliphatic rings. The number of rotatable bonds is 7. The van der Waals surface area contributed by atoms with Gasteiger partial charge >= 0.3 is 0 Å². The molecule has 7 heteroatoms. The van der Waals surface area contributed by atoms with E-state index in [4.69, 9.17) is 6.57 Å². The highest BCUT2D eigenvalue weighted by Gasteiger charge is 2.18. The van der Waals surface area contributed by atoms with Crippen LogP contribution in [0, 0.1) is 13.5 Å². The van der Waals surface area contributed by atoms with Gasteiger partial charge in [0.2, 0.25) is 5.95 Å². The van der Waals surface area contributed by atoms with Crippen LogP contribution in [0.25, 0.3) is 26.9 Å². The zero-order chi connectivity index (χ0) is 23.3. The van der Waals surface area contributed by atoms with Crippen molar-refractivity contribution in [3.8, 4) is 11.1 Å². The molecule has 4 heterocycles. The van der Waals surface area contributed by atoms with Crippen LogP contribution >= 0.6 is 0 Å². The molecule has 0 amide bonds. The Morgan fingerprint density at radius 3 is 2.47 bits per heavy atom. The van der Waals surface area contributed by atoms with Crippen LogP contribution in [-0.4, -0.2) is 57.6 Å². The molecule has 34 heavy (non-hydrogen) atoms. The average Bonchev–Trinajstić information content (AvgIpc) is 3.29. The van der Waals surface area contributed by atoms with Crippen LogP contribution in [0.2, 0.25) is 0 Å². The first-order valence-corrected chi connectivity index (χ1v) is 11.9. The van der Waals surface area contributed by atoms with E-state index in [2.05, 4.69) is 46.8 Å². The fourth-order valence-corrected chi connectivity index (χ4v) is 4.54.